The molecule has 2 saturated heterocycles. The van der Waals surface area contributed by atoms with Crippen LogP contribution in [-0.4, -0.2) is 55.0 Å². The van der Waals surface area contributed by atoms with Gasteiger partial charge in [-0.05, 0) is 35.7 Å². The van der Waals surface area contributed by atoms with Crippen LogP contribution in [0, 0.1) is 5.41 Å². The van der Waals surface area contributed by atoms with Gasteiger partial charge in [0.15, 0.2) is 17.3 Å². The summed E-state index contributed by atoms with van der Waals surface area (Å²) in [5, 5.41) is 6.11. The maximum atomic E-state index is 14.0. The molecule has 0 aliphatic carbocycles. The van der Waals surface area contributed by atoms with Crippen molar-refractivity contribution in [2.45, 2.75) is 44.6 Å². The first-order valence-corrected chi connectivity index (χ1v) is 11.3. The zero-order valence-corrected chi connectivity index (χ0v) is 20.1. The molecule has 1 spiro atoms. The molecule has 1 unspecified atom stereocenters. The Bertz CT molecular complexity index is 1250. The summed E-state index contributed by atoms with van der Waals surface area (Å²) in [5.74, 6) is -3.32. The van der Waals surface area contributed by atoms with Crippen LogP contribution in [0.1, 0.15) is 49.4 Å². The fourth-order valence-corrected chi connectivity index (χ4v) is 5.58. The quantitative estimate of drug-likeness (QED) is 0.488. The second-order valence-electron chi connectivity index (χ2n) is 9.35. The number of benzene rings is 2. The minimum absolute atomic E-state index is 0.256. The molecule has 5 rings (SSSR count). The minimum atomic E-state index is -1.89. The molecular weight excluding hydrogens is 452 g/mol. The maximum Gasteiger partial charge on any atom is 0.330 e. The number of carbonyl (C=O) groups excluding carboxylic acids is 3. The van der Waals surface area contributed by atoms with Crippen LogP contribution in [0.15, 0.2) is 47.6 Å². The third-order valence-corrected chi connectivity index (χ3v) is 6.94. The summed E-state index contributed by atoms with van der Waals surface area (Å²) < 4.78 is 22.2. The molecule has 0 radical (unpaired) electrons. The Kier molecular flexibility index (Phi) is 5.12. The Morgan fingerprint density at radius 2 is 1.66 bits per heavy atom. The van der Waals surface area contributed by atoms with Gasteiger partial charge < -0.3 is 18.9 Å². The van der Waals surface area contributed by atoms with Crippen molar-refractivity contribution in [3.63, 3.8) is 0 Å². The first-order chi connectivity index (χ1) is 16.7. The second kappa shape index (κ2) is 7.83. The number of ketones is 1. The number of hydrazone groups is 1. The normalized spacial score (nSPS) is 25.4. The fourth-order valence-electron chi connectivity index (χ4n) is 5.58. The van der Waals surface area contributed by atoms with Crippen molar-refractivity contribution in [3.8, 4) is 11.5 Å². The van der Waals surface area contributed by atoms with E-state index in [9.17, 15) is 14.4 Å². The number of carbonyl (C=O) groups is 3. The topological polar surface area (TPSA) is 104 Å². The van der Waals surface area contributed by atoms with Crippen molar-refractivity contribution in [1.29, 1.82) is 0 Å². The number of fused-ring (bicyclic) bond motifs is 4. The largest absolute Gasteiger partial charge is 0.493 e. The molecule has 3 aliphatic heterocycles. The zero-order valence-electron chi connectivity index (χ0n) is 20.1. The number of hydrogen-bond donors (Lipinski definition) is 0. The van der Waals surface area contributed by atoms with E-state index in [0.717, 1.165) is 5.56 Å². The third-order valence-electron chi connectivity index (χ3n) is 6.94. The van der Waals surface area contributed by atoms with Crippen LogP contribution < -0.4 is 9.47 Å². The standard InChI is InChI=1S/C26H26N2O7/c1-14(29)21-20(15-10-11-18(32-4)19(12-15)33-5)26(23(30)34-25(2,3)35-24(26)31)22-17-9-7-6-8-16(17)13-27-28(21)22/h6-13,20-22H,1-5H3/t20-,21-,22?/m1/s1. The molecule has 0 saturated carbocycles. The van der Waals surface area contributed by atoms with Crippen LogP contribution in [0.5, 0.6) is 11.5 Å². The van der Waals surface area contributed by atoms with Crippen LogP contribution in [0.25, 0.3) is 0 Å². The summed E-state index contributed by atoms with van der Waals surface area (Å²) in [4.78, 5) is 41.1. The first kappa shape index (κ1) is 22.9. The number of rotatable bonds is 4. The first-order valence-electron chi connectivity index (χ1n) is 11.3. The molecule has 3 aliphatic rings. The lowest BCUT2D eigenvalue weighted by molar-refractivity contribution is -0.254. The molecule has 9 nitrogen and oxygen atoms in total. The lowest BCUT2D eigenvalue weighted by atomic mass is 9.65. The van der Waals surface area contributed by atoms with Gasteiger partial charge in [0.2, 0.25) is 5.41 Å². The van der Waals surface area contributed by atoms with Gasteiger partial charge in [-0.25, -0.2) is 0 Å². The van der Waals surface area contributed by atoms with Crippen molar-refractivity contribution in [1.82, 2.24) is 5.01 Å². The van der Waals surface area contributed by atoms with E-state index in [-0.39, 0.29) is 5.78 Å². The second-order valence-corrected chi connectivity index (χ2v) is 9.35. The molecule has 0 amide bonds. The summed E-state index contributed by atoms with van der Waals surface area (Å²) in [7, 11) is 3.00. The van der Waals surface area contributed by atoms with Crippen molar-refractivity contribution in [2.75, 3.05) is 14.2 Å². The number of Topliss-reactive ketones (excluding diaryl/α,β-unsaturated/α-hetero) is 1. The van der Waals surface area contributed by atoms with Crippen molar-refractivity contribution in [3.05, 3.63) is 59.2 Å². The molecule has 9 heteroatoms. The molecule has 182 valence electrons. The van der Waals surface area contributed by atoms with E-state index in [1.807, 2.05) is 24.3 Å². The van der Waals surface area contributed by atoms with Crippen molar-refractivity contribution in [2.24, 2.45) is 10.5 Å². The summed E-state index contributed by atoms with van der Waals surface area (Å²) in [5.41, 5.74) is 0.0666. The SMILES string of the molecule is COc1ccc([C@@H]2[C@@H](C(C)=O)N3N=Cc4ccccc4C3C23C(=O)OC(C)(C)OC3=O)cc1OC. The van der Waals surface area contributed by atoms with Crippen LogP contribution >= 0.6 is 0 Å². The monoisotopic (exact) mass is 478 g/mol. The molecule has 3 atom stereocenters. The van der Waals surface area contributed by atoms with Crippen molar-refractivity contribution >= 4 is 23.9 Å². The van der Waals surface area contributed by atoms with E-state index in [4.69, 9.17) is 18.9 Å². The molecule has 2 fully saturated rings. The molecule has 0 bridgehead atoms. The molecule has 35 heavy (non-hydrogen) atoms. The average molecular weight is 479 g/mol. The Labute approximate surface area is 202 Å². The van der Waals surface area contributed by atoms with Crippen LogP contribution in [-0.2, 0) is 23.9 Å². The maximum absolute atomic E-state index is 14.0. The predicted molar refractivity (Wildman–Crippen MR) is 124 cm³/mol. The predicted octanol–water partition coefficient (Wildman–Crippen LogP) is 2.97. The van der Waals surface area contributed by atoms with E-state index >= 15 is 0 Å². The average Bonchev–Trinajstić information content (AvgIpc) is 3.14. The van der Waals surface area contributed by atoms with E-state index in [1.165, 1.54) is 35.0 Å². The van der Waals surface area contributed by atoms with Gasteiger partial charge in [-0.3, -0.25) is 19.4 Å². The molecule has 2 aromatic carbocycles. The lowest BCUT2D eigenvalue weighted by Gasteiger charge is -2.44. The summed E-state index contributed by atoms with van der Waals surface area (Å²) in [6.45, 7) is 4.43. The molecular formula is C26H26N2O7. The van der Waals surface area contributed by atoms with E-state index < -0.39 is 41.1 Å². The Morgan fingerprint density at radius 1 is 1.00 bits per heavy atom. The van der Waals surface area contributed by atoms with E-state index in [1.54, 1.807) is 29.4 Å². The highest BCUT2D eigenvalue weighted by atomic mass is 16.7. The molecule has 0 aromatic heterocycles. The highest BCUT2D eigenvalue weighted by molar-refractivity contribution is 6.07. The molecule has 0 N–H and O–H groups in total. The molecule has 3 heterocycles. The van der Waals surface area contributed by atoms with Gasteiger partial charge in [0.05, 0.1) is 20.4 Å². The number of cyclic esters (lactones) is 2. The van der Waals surface area contributed by atoms with E-state index in [0.29, 0.717) is 22.6 Å². The van der Waals surface area contributed by atoms with Gasteiger partial charge in [0.25, 0.3) is 5.79 Å². The van der Waals surface area contributed by atoms with Gasteiger partial charge in [-0.1, -0.05) is 30.3 Å². The van der Waals surface area contributed by atoms with Gasteiger partial charge >= 0.3 is 11.9 Å². The van der Waals surface area contributed by atoms with Crippen molar-refractivity contribution < 1.29 is 33.3 Å². The number of hydrogen-bond acceptors (Lipinski definition) is 9. The van der Waals surface area contributed by atoms with Gasteiger partial charge in [0.1, 0.15) is 12.1 Å². The Morgan fingerprint density at radius 3 is 2.29 bits per heavy atom. The Hall–Kier alpha value is -3.88. The van der Waals surface area contributed by atoms with Crippen LogP contribution in [0.4, 0.5) is 0 Å². The third kappa shape index (κ3) is 3.14. The van der Waals surface area contributed by atoms with Crippen LogP contribution in [0.2, 0.25) is 0 Å². The van der Waals surface area contributed by atoms with Gasteiger partial charge in [-0.15, -0.1) is 0 Å². The van der Waals surface area contributed by atoms with E-state index in [2.05, 4.69) is 5.10 Å². The summed E-state index contributed by atoms with van der Waals surface area (Å²) in [6.07, 6.45) is 1.63. The summed E-state index contributed by atoms with van der Waals surface area (Å²) in [6, 6.07) is 10.6. The van der Waals surface area contributed by atoms with Gasteiger partial charge in [0, 0.05) is 19.8 Å². The highest BCUT2D eigenvalue weighted by Gasteiger charge is 2.74. The number of esters is 2. The summed E-state index contributed by atoms with van der Waals surface area (Å²) >= 11 is 0. The Balaban J connectivity index is 1.82. The highest BCUT2D eigenvalue weighted by Crippen LogP contribution is 2.62. The van der Waals surface area contributed by atoms with Crippen LogP contribution in [0.3, 0.4) is 0 Å². The number of methoxy groups -OCH3 is 2. The number of nitrogens with zero attached hydrogens (tertiary/aromatic N) is 2. The molecule has 2 aromatic rings. The zero-order chi connectivity index (χ0) is 25.1. The minimum Gasteiger partial charge on any atom is -0.493 e. The fraction of sp³-hybridized carbons (Fsp3) is 0.385. The lowest BCUT2D eigenvalue weighted by Crippen LogP contribution is -2.58. The smallest absolute Gasteiger partial charge is 0.330 e. The number of ether oxygens (including phenoxy) is 4. The van der Waals surface area contributed by atoms with Gasteiger partial charge in [-0.2, -0.15) is 5.10 Å².